The molecule has 0 aliphatic heterocycles. The van der Waals surface area contributed by atoms with Crippen LogP contribution < -0.4 is 5.32 Å². The zero-order chi connectivity index (χ0) is 21.1. The Labute approximate surface area is 173 Å². The summed E-state index contributed by atoms with van der Waals surface area (Å²) in [6.45, 7) is -0.141. The number of benzene rings is 2. The van der Waals surface area contributed by atoms with Crippen LogP contribution in [0.4, 0.5) is 0 Å². The third kappa shape index (κ3) is 4.20. The molecule has 7 heteroatoms. The van der Waals surface area contributed by atoms with E-state index in [2.05, 4.69) is 5.32 Å². The zero-order valence-electron chi connectivity index (χ0n) is 16.5. The lowest BCUT2D eigenvalue weighted by atomic mass is 10.1. The van der Waals surface area contributed by atoms with Gasteiger partial charge in [0.1, 0.15) is 6.54 Å². The number of methoxy groups -OCH3 is 1. The molecule has 30 heavy (non-hydrogen) atoms. The molecule has 0 unspecified atom stereocenters. The number of carbonyl (C=O) groups is 3. The van der Waals surface area contributed by atoms with E-state index in [4.69, 9.17) is 9.47 Å². The van der Waals surface area contributed by atoms with Gasteiger partial charge in [-0.2, -0.15) is 0 Å². The molecule has 1 aromatic heterocycles. The maximum atomic E-state index is 12.8. The summed E-state index contributed by atoms with van der Waals surface area (Å²) >= 11 is 0. The Bertz CT molecular complexity index is 1090. The molecule has 1 N–H and O–H groups in total. The molecule has 0 bridgehead atoms. The predicted octanol–water partition coefficient (Wildman–Crippen LogP) is 2.99. The van der Waals surface area contributed by atoms with Gasteiger partial charge < -0.3 is 19.4 Å². The minimum Gasteiger partial charge on any atom is -0.465 e. The van der Waals surface area contributed by atoms with Gasteiger partial charge in [0.2, 0.25) is 6.10 Å². The van der Waals surface area contributed by atoms with Gasteiger partial charge in [0.25, 0.3) is 5.91 Å². The fraction of sp³-hybridized carbons (Fsp3) is 0.261. The molecule has 1 aliphatic rings. The van der Waals surface area contributed by atoms with Crippen molar-refractivity contribution in [2.75, 3.05) is 7.11 Å². The van der Waals surface area contributed by atoms with Crippen molar-refractivity contribution >= 4 is 28.7 Å². The molecule has 1 fully saturated rings. The number of nitrogens with one attached hydrogen (secondary N) is 1. The molecule has 0 radical (unpaired) electrons. The minimum atomic E-state index is -1.03. The summed E-state index contributed by atoms with van der Waals surface area (Å²) in [4.78, 5) is 37.5. The number of ether oxygens (including phenoxy) is 2. The number of rotatable bonds is 7. The molecule has 4 rings (SSSR count). The van der Waals surface area contributed by atoms with Gasteiger partial charge in [-0.1, -0.05) is 48.5 Å². The van der Waals surface area contributed by atoms with Crippen LogP contribution in [0.25, 0.3) is 10.9 Å². The molecule has 0 saturated heterocycles. The minimum absolute atomic E-state index is 0.141. The molecule has 1 atom stereocenters. The van der Waals surface area contributed by atoms with Crippen LogP contribution in [0.3, 0.4) is 0 Å². The Morgan fingerprint density at radius 2 is 1.77 bits per heavy atom. The number of esters is 2. The number of carbonyl (C=O) groups excluding carboxylic acids is 3. The van der Waals surface area contributed by atoms with E-state index < -0.39 is 18.0 Å². The standard InChI is InChI=1S/C23H22N2O5/c1-29-23(28)18-13-25(19-10-6-5-9-17(18)19)14-20(26)30-21(15-7-3-2-4-8-15)22(27)24-16-11-12-16/h2-10,13,16,21H,11-12,14H2,1H3,(H,24,27)/t21-/m0/s1. The van der Waals surface area contributed by atoms with Crippen LogP contribution in [-0.2, 0) is 25.6 Å². The lowest BCUT2D eigenvalue weighted by molar-refractivity contribution is -0.157. The van der Waals surface area contributed by atoms with E-state index in [1.54, 1.807) is 41.1 Å². The van der Waals surface area contributed by atoms with E-state index in [1.807, 2.05) is 24.3 Å². The summed E-state index contributed by atoms with van der Waals surface area (Å²) in [6.07, 6.45) is 2.42. The summed E-state index contributed by atoms with van der Waals surface area (Å²) in [6, 6.07) is 16.3. The SMILES string of the molecule is COC(=O)c1cn(CC(=O)O[C@H](C(=O)NC2CC2)c2ccccc2)c2ccccc12. The first-order valence-corrected chi connectivity index (χ1v) is 9.78. The molecule has 1 saturated carbocycles. The van der Waals surface area contributed by atoms with Gasteiger partial charge in [-0.25, -0.2) is 4.79 Å². The van der Waals surface area contributed by atoms with Gasteiger partial charge in [0, 0.05) is 28.7 Å². The van der Waals surface area contributed by atoms with Crippen LogP contribution in [0, 0.1) is 0 Å². The smallest absolute Gasteiger partial charge is 0.340 e. The Morgan fingerprint density at radius 1 is 1.07 bits per heavy atom. The summed E-state index contributed by atoms with van der Waals surface area (Å²) in [5, 5.41) is 3.58. The first-order valence-electron chi connectivity index (χ1n) is 9.78. The molecule has 1 heterocycles. The Balaban J connectivity index is 1.56. The fourth-order valence-electron chi connectivity index (χ4n) is 3.36. The van der Waals surface area contributed by atoms with E-state index >= 15 is 0 Å². The third-order valence-corrected chi connectivity index (χ3v) is 5.01. The maximum absolute atomic E-state index is 12.8. The van der Waals surface area contributed by atoms with Crippen LogP contribution in [0.2, 0.25) is 0 Å². The highest BCUT2D eigenvalue weighted by atomic mass is 16.5. The second kappa shape index (κ2) is 8.41. The van der Waals surface area contributed by atoms with Gasteiger partial charge in [-0.3, -0.25) is 9.59 Å². The van der Waals surface area contributed by atoms with E-state index in [1.165, 1.54) is 7.11 Å². The van der Waals surface area contributed by atoms with Crippen molar-refractivity contribution in [3.05, 3.63) is 71.9 Å². The van der Waals surface area contributed by atoms with E-state index in [9.17, 15) is 14.4 Å². The quantitative estimate of drug-likeness (QED) is 0.610. The number of hydrogen-bond acceptors (Lipinski definition) is 5. The lowest BCUT2D eigenvalue weighted by Crippen LogP contribution is -2.34. The molecule has 0 spiro atoms. The Hall–Kier alpha value is -3.61. The van der Waals surface area contributed by atoms with Gasteiger partial charge in [0.15, 0.2) is 0 Å². The number of hydrogen-bond donors (Lipinski definition) is 1. The highest BCUT2D eigenvalue weighted by Crippen LogP contribution is 2.25. The van der Waals surface area contributed by atoms with Crippen molar-refractivity contribution in [1.29, 1.82) is 0 Å². The number of nitrogens with zero attached hydrogens (tertiary/aromatic N) is 1. The first-order chi connectivity index (χ1) is 14.6. The van der Waals surface area contributed by atoms with Gasteiger partial charge in [-0.15, -0.1) is 0 Å². The Morgan fingerprint density at radius 3 is 2.47 bits per heavy atom. The molecule has 3 aromatic rings. The summed E-state index contributed by atoms with van der Waals surface area (Å²) in [7, 11) is 1.31. The van der Waals surface area contributed by atoms with Crippen LogP contribution in [0.5, 0.6) is 0 Å². The van der Waals surface area contributed by atoms with Crippen molar-refractivity contribution in [2.45, 2.75) is 31.5 Å². The van der Waals surface area contributed by atoms with Gasteiger partial charge >= 0.3 is 11.9 Å². The maximum Gasteiger partial charge on any atom is 0.340 e. The summed E-state index contributed by atoms with van der Waals surface area (Å²) in [5.41, 5.74) is 1.68. The van der Waals surface area contributed by atoms with E-state index in [0.29, 0.717) is 22.0 Å². The summed E-state index contributed by atoms with van der Waals surface area (Å²) in [5.74, 6) is -1.39. The van der Waals surface area contributed by atoms with Gasteiger partial charge in [0.05, 0.1) is 12.7 Å². The van der Waals surface area contributed by atoms with Crippen molar-refractivity contribution in [2.24, 2.45) is 0 Å². The molecule has 1 amide bonds. The number of aromatic nitrogens is 1. The second-order valence-electron chi connectivity index (χ2n) is 7.24. The predicted molar refractivity (Wildman–Crippen MR) is 110 cm³/mol. The normalized spacial score (nSPS) is 14.2. The molecular weight excluding hydrogens is 384 g/mol. The number of amides is 1. The van der Waals surface area contributed by atoms with Gasteiger partial charge in [-0.05, 0) is 18.9 Å². The zero-order valence-corrected chi connectivity index (χ0v) is 16.5. The highest BCUT2D eigenvalue weighted by molar-refractivity contribution is 6.04. The first kappa shape index (κ1) is 19.7. The van der Waals surface area contributed by atoms with Crippen LogP contribution in [0.15, 0.2) is 60.8 Å². The molecule has 7 nitrogen and oxygen atoms in total. The summed E-state index contributed by atoms with van der Waals surface area (Å²) < 4.78 is 12.1. The fourth-order valence-corrected chi connectivity index (χ4v) is 3.36. The van der Waals surface area contributed by atoms with Crippen LogP contribution in [0.1, 0.15) is 34.9 Å². The number of fused-ring (bicyclic) bond motifs is 1. The lowest BCUT2D eigenvalue weighted by Gasteiger charge is -2.18. The van der Waals surface area contributed by atoms with Crippen LogP contribution >= 0.6 is 0 Å². The van der Waals surface area contributed by atoms with Crippen molar-refractivity contribution in [3.8, 4) is 0 Å². The topological polar surface area (TPSA) is 86.6 Å². The largest absolute Gasteiger partial charge is 0.465 e. The van der Waals surface area contributed by atoms with E-state index in [0.717, 1.165) is 12.8 Å². The second-order valence-corrected chi connectivity index (χ2v) is 7.24. The monoisotopic (exact) mass is 406 g/mol. The van der Waals surface area contributed by atoms with Crippen LogP contribution in [-0.4, -0.2) is 35.6 Å². The van der Waals surface area contributed by atoms with Crippen molar-refractivity contribution in [1.82, 2.24) is 9.88 Å². The molecule has 154 valence electrons. The third-order valence-electron chi connectivity index (χ3n) is 5.01. The average molecular weight is 406 g/mol. The van der Waals surface area contributed by atoms with Crippen molar-refractivity contribution in [3.63, 3.8) is 0 Å². The Kier molecular flexibility index (Phi) is 5.52. The average Bonchev–Trinajstić information content (AvgIpc) is 3.51. The highest BCUT2D eigenvalue weighted by Gasteiger charge is 2.31. The molecule has 1 aliphatic carbocycles. The number of para-hydroxylation sites is 1. The molecular formula is C23H22N2O5. The molecule has 2 aromatic carbocycles. The van der Waals surface area contributed by atoms with Crippen molar-refractivity contribution < 1.29 is 23.9 Å². The van der Waals surface area contributed by atoms with E-state index in [-0.39, 0.29) is 18.5 Å².